The number of anilines is 1. The number of carboxylic acid groups (broad SMARTS) is 1. The third-order valence-corrected chi connectivity index (χ3v) is 4.32. The van der Waals surface area contributed by atoms with Crippen molar-refractivity contribution in [2.45, 2.75) is 18.5 Å². The summed E-state index contributed by atoms with van der Waals surface area (Å²) in [6.07, 6.45) is 0.804. The Morgan fingerprint density at radius 2 is 2.00 bits per heavy atom. The Morgan fingerprint density at radius 3 is 2.68 bits per heavy atom. The molecule has 0 bridgehead atoms. The van der Waals surface area contributed by atoms with E-state index >= 15 is 0 Å². The highest BCUT2D eigenvalue weighted by molar-refractivity contribution is 6.33. The molecule has 4 nitrogen and oxygen atoms in total. The first-order valence-corrected chi connectivity index (χ1v) is 8.28. The molecule has 3 rings (SSSR count). The van der Waals surface area contributed by atoms with Crippen LogP contribution in [-0.2, 0) is 4.79 Å². The van der Waals surface area contributed by atoms with E-state index in [2.05, 4.69) is 5.32 Å². The van der Waals surface area contributed by atoms with E-state index in [1.807, 2.05) is 0 Å². The number of carboxylic acids is 1. The zero-order valence-corrected chi connectivity index (χ0v) is 14.6. The molecular weight excluding hydrogens is 368 g/mol. The average Bonchev–Trinajstić information content (AvgIpc) is 2.53. The van der Waals surface area contributed by atoms with E-state index < -0.39 is 23.4 Å². The highest BCUT2D eigenvalue weighted by Crippen LogP contribution is 2.39. The minimum absolute atomic E-state index is 0.280. The van der Waals surface area contributed by atoms with Crippen LogP contribution >= 0.6 is 23.2 Å². The highest BCUT2D eigenvalue weighted by atomic mass is 35.5. The van der Waals surface area contributed by atoms with Crippen molar-refractivity contribution in [3.05, 3.63) is 64.4 Å². The maximum absolute atomic E-state index is 13.3. The van der Waals surface area contributed by atoms with E-state index in [4.69, 9.17) is 33.0 Å². The van der Waals surface area contributed by atoms with Crippen LogP contribution in [0.3, 0.4) is 0 Å². The Bertz CT molecular complexity index is 869. The summed E-state index contributed by atoms with van der Waals surface area (Å²) < 4.78 is 18.7. The van der Waals surface area contributed by atoms with E-state index in [0.29, 0.717) is 17.0 Å². The molecule has 0 amide bonds. The third kappa shape index (κ3) is 3.72. The molecule has 0 aromatic heterocycles. The second kappa shape index (κ2) is 6.94. The Labute approximate surface area is 153 Å². The first-order chi connectivity index (χ1) is 11.8. The topological polar surface area (TPSA) is 58.6 Å². The van der Waals surface area contributed by atoms with E-state index in [1.165, 1.54) is 19.1 Å². The Kier molecular flexibility index (Phi) is 4.88. The number of nitrogens with one attached hydrogen (secondary N) is 1. The minimum Gasteiger partial charge on any atom is -0.479 e. The summed E-state index contributed by atoms with van der Waals surface area (Å²) in [6, 6.07) is 9.29. The summed E-state index contributed by atoms with van der Waals surface area (Å²) in [6.45, 7) is 1.45. The van der Waals surface area contributed by atoms with Crippen molar-refractivity contribution in [2.24, 2.45) is 0 Å². The van der Waals surface area contributed by atoms with Gasteiger partial charge in [0.25, 0.3) is 0 Å². The number of benzene rings is 2. The summed E-state index contributed by atoms with van der Waals surface area (Å²) in [5.74, 6) is -1.08. The number of hydrogen-bond donors (Lipinski definition) is 2. The molecule has 0 spiro atoms. The lowest BCUT2D eigenvalue weighted by Gasteiger charge is -2.24. The van der Waals surface area contributed by atoms with Crippen LogP contribution in [0, 0.1) is 5.82 Å². The lowest BCUT2D eigenvalue weighted by Crippen LogP contribution is -2.23. The van der Waals surface area contributed by atoms with Crippen molar-refractivity contribution in [1.29, 1.82) is 0 Å². The zero-order chi connectivity index (χ0) is 18.1. The van der Waals surface area contributed by atoms with Gasteiger partial charge in [0.05, 0.1) is 5.02 Å². The summed E-state index contributed by atoms with van der Waals surface area (Å²) in [7, 11) is 0. The molecule has 2 aromatic carbocycles. The molecule has 25 heavy (non-hydrogen) atoms. The standard InChI is InChI=1S/C18H14Cl2FNO3/c1-9(18(23)24)25-11-3-5-13-14(8-17(20)22-16(13)7-11)12-4-2-10(21)6-15(12)19/h2-9,17,22H,1H3,(H,23,24)/t9-,17?/m1/s1. The minimum atomic E-state index is -1.06. The first-order valence-electron chi connectivity index (χ1n) is 7.47. The van der Waals surface area contributed by atoms with Crippen molar-refractivity contribution < 1.29 is 19.0 Å². The Morgan fingerprint density at radius 1 is 1.28 bits per heavy atom. The van der Waals surface area contributed by atoms with Gasteiger partial charge in [-0.15, -0.1) is 0 Å². The van der Waals surface area contributed by atoms with Gasteiger partial charge in [0.15, 0.2) is 6.10 Å². The van der Waals surface area contributed by atoms with Crippen LogP contribution in [0.15, 0.2) is 42.5 Å². The summed E-state index contributed by atoms with van der Waals surface area (Å²) in [5.41, 5.74) is 2.39. The molecule has 2 N–H and O–H groups in total. The van der Waals surface area contributed by atoms with Gasteiger partial charge in [0.1, 0.15) is 17.1 Å². The number of carbonyl (C=O) groups is 1. The van der Waals surface area contributed by atoms with Gasteiger partial charge in [0, 0.05) is 22.9 Å². The Hall–Kier alpha value is -2.24. The molecule has 1 aliphatic rings. The first kappa shape index (κ1) is 17.6. The third-order valence-electron chi connectivity index (χ3n) is 3.77. The van der Waals surface area contributed by atoms with Crippen molar-refractivity contribution >= 4 is 40.4 Å². The second-order valence-corrected chi connectivity index (χ2v) is 6.43. The number of fused-ring (bicyclic) bond motifs is 1. The van der Waals surface area contributed by atoms with Gasteiger partial charge in [-0.3, -0.25) is 0 Å². The van der Waals surface area contributed by atoms with Gasteiger partial charge in [0.2, 0.25) is 0 Å². The van der Waals surface area contributed by atoms with Gasteiger partial charge in [-0.05, 0) is 48.9 Å². The molecule has 130 valence electrons. The zero-order valence-electron chi connectivity index (χ0n) is 13.1. The number of ether oxygens (including phenoxy) is 1. The van der Waals surface area contributed by atoms with Gasteiger partial charge in [-0.1, -0.05) is 23.2 Å². The number of aliphatic carboxylic acids is 1. The quantitative estimate of drug-likeness (QED) is 0.592. The molecule has 7 heteroatoms. The van der Waals surface area contributed by atoms with Crippen LogP contribution in [0.4, 0.5) is 10.1 Å². The molecule has 0 radical (unpaired) electrons. The summed E-state index contributed by atoms with van der Waals surface area (Å²) in [5, 5.41) is 12.3. The van der Waals surface area contributed by atoms with Gasteiger partial charge in [-0.25, -0.2) is 9.18 Å². The van der Waals surface area contributed by atoms with Crippen LogP contribution in [0.25, 0.3) is 5.57 Å². The van der Waals surface area contributed by atoms with E-state index in [9.17, 15) is 9.18 Å². The fourth-order valence-corrected chi connectivity index (χ4v) is 3.09. The number of hydrogen-bond acceptors (Lipinski definition) is 3. The fourth-order valence-electron chi connectivity index (χ4n) is 2.57. The maximum atomic E-state index is 13.3. The maximum Gasteiger partial charge on any atom is 0.344 e. The van der Waals surface area contributed by atoms with Gasteiger partial charge < -0.3 is 15.2 Å². The van der Waals surface area contributed by atoms with Crippen molar-refractivity contribution in [3.8, 4) is 5.75 Å². The number of halogens is 3. The molecule has 0 aliphatic carbocycles. The van der Waals surface area contributed by atoms with Crippen LogP contribution in [0.2, 0.25) is 5.02 Å². The van der Waals surface area contributed by atoms with Crippen LogP contribution < -0.4 is 10.1 Å². The lowest BCUT2D eigenvalue weighted by molar-refractivity contribution is -0.144. The largest absolute Gasteiger partial charge is 0.479 e. The molecular formula is C18H14Cl2FNO3. The van der Waals surface area contributed by atoms with Crippen LogP contribution in [0.5, 0.6) is 5.75 Å². The molecule has 1 aliphatic heterocycles. The monoisotopic (exact) mass is 381 g/mol. The van der Waals surface area contributed by atoms with Gasteiger partial charge in [-0.2, -0.15) is 0 Å². The number of alkyl halides is 1. The molecule has 1 unspecified atom stereocenters. The summed E-state index contributed by atoms with van der Waals surface area (Å²) >= 11 is 12.4. The normalized spacial score (nSPS) is 17.1. The molecule has 2 atom stereocenters. The molecule has 0 saturated heterocycles. The highest BCUT2D eigenvalue weighted by Gasteiger charge is 2.22. The molecule has 0 fully saturated rings. The number of rotatable bonds is 4. The molecule has 2 aromatic rings. The molecule has 1 heterocycles. The van der Waals surface area contributed by atoms with Gasteiger partial charge >= 0.3 is 5.97 Å². The van der Waals surface area contributed by atoms with Crippen molar-refractivity contribution in [1.82, 2.24) is 0 Å². The lowest BCUT2D eigenvalue weighted by atomic mass is 9.93. The summed E-state index contributed by atoms with van der Waals surface area (Å²) in [4.78, 5) is 10.9. The second-order valence-electron chi connectivity index (χ2n) is 5.56. The predicted octanol–water partition coefficient (Wildman–Crippen LogP) is 4.75. The fraction of sp³-hybridized carbons (Fsp3) is 0.167. The van der Waals surface area contributed by atoms with E-state index in [1.54, 1.807) is 30.3 Å². The van der Waals surface area contributed by atoms with Crippen LogP contribution in [0.1, 0.15) is 18.1 Å². The predicted molar refractivity (Wildman–Crippen MR) is 95.9 cm³/mol. The molecule has 0 saturated carbocycles. The Balaban J connectivity index is 2.00. The SMILES string of the molecule is C[C@@H](Oc1ccc2c(c1)NC(Cl)C=C2c1ccc(F)cc1Cl)C(=O)O. The van der Waals surface area contributed by atoms with E-state index in [-0.39, 0.29) is 5.02 Å². The van der Waals surface area contributed by atoms with E-state index in [0.717, 1.165) is 11.1 Å². The van der Waals surface area contributed by atoms with Crippen molar-refractivity contribution in [2.75, 3.05) is 5.32 Å². The average molecular weight is 382 g/mol. The van der Waals surface area contributed by atoms with Crippen LogP contribution in [-0.4, -0.2) is 22.7 Å². The smallest absolute Gasteiger partial charge is 0.344 e. The van der Waals surface area contributed by atoms with Crippen molar-refractivity contribution in [3.63, 3.8) is 0 Å².